The molecule has 0 unspecified atom stereocenters. The summed E-state index contributed by atoms with van der Waals surface area (Å²) >= 11 is 0. The molecule has 1 aromatic rings. The molecule has 0 spiro atoms. The van der Waals surface area contributed by atoms with E-state index in [1.807, 2.05) is 0 Å². The van der Waals surface area contributed by atoms with Gasteiger partial charge in [-0.25, -0.2) is 0 Å². The van der Waals surface area contributed by atoms with E-state index in [0.717, 1.165) is 13.1 Å². The van der Waals surface area contributed by atoms with Gasteiger partial charge in [0.1, 0.15) is 0 Å². The number of anilines is 1. The van der Waals surface area contributed by atoms with Gasteiger partial charge in [-0.1, -0.05) is 45.7 Å². The van der Waals surface area contributed by atoms with Crippen LogP contribution in [0.5, 0.6) is 0 Å². The molecule has 1 rings (SSSR count). The molecule has 0 bridgehead atoms. The fourth-order valence-electron chi connectivity index (χ4n) is 2.50. The minimum Gasteiger partial charge on any atom is -0.371 e. The van der Waals surface area contributed by atoms with E-state index in [1.165, 1.54) is 55.6 Å². The average molecular weight is 276 g/mol. The monoisotopic (exact) mass is 276 g/mol. The number of benzene rings is 1. The highest BCUT2D eigenvalue weighted by Crippen LogP contribution is 2.22. The van der Waals surface area contributed by atoms with Gasteiger partial charge in [0.05, 0.1) is 0 Å². The third-order valence-electron chi connectivity index (χ3n) is 3.74. The summed E-state index contributed by atoms with van der Waals surface area (Å²) < 4.78 is 0. The van der Waals surface area contributed by atoms with E-state index in [0.29, 0.717) is 0 Å². The van der Waals surface area contributed by atoms with Gasteiger partial charge in [0.15, 0.2) is 0 Å². The zero-order valence-electron chi connectivity index (χ0n) is 13.8. The second kappa shape index (κ2) is 9.82. The normalized spacial score (nSPS) is 10.8. The predicted molar refractivity (Wildman–Crippen MR) is 90.6 cm³/mol. The van der Waals surface area contributed by atoms with Crippen LogP contribution in [-0.4, -0.2) is 19.6 Å². The fourth-order valence-corrected chi connectivity index (χ4v) is 2.50. The Morgan fingerprint density at radius 2 is 1.65 bits per heavy atom. The molecule has 0 saturated carbocycles. The van der Waals surface area contributed by atoms with Crippen LogP contribution in [0.25, 0.3) is 0 Å². The van der Waals surface area contributed by atoms with Crippen molar-refractivity contribution in [2.75, 3.05) is 24.5 Å². The van der Waals surface area contributed by atoms with Crippen LogP contribution in [0.15, 0.2) is 18.2 Å². The number of unbranched alkanes of at least 4 members (excludes halogenated alkanes) is 2. The number of hydrogen-bond donors (Lipinski definition) is 1. The Labute approximate surface area is 125 Å². The molecule has 1 N–H and O–H groups in total. The van der Waals surface area contributed by atoms with Gasteiger partial charge in [-0.15, -0.1) is 0 Å². The SMILES string of the molecule is CCCCN(CCCC)c1ccc(CNCC)cc1C. The van der Waals surface area contributed by atoms with Crippen LogP contribution in [-0.2, 0) is 6.54 Å². The summed E-state index contributed by atoms with van der Waals surface area (Å²) in [5.74, 6) is 0. The molecule has 2 nitrogen and oxygen atoms in total. The lowest BCUT2D eigenvalue weighted by Gasteiger charge is -2.27. The van der Waals surface area contributed by atoms with Crippen molar-refractivity contribution in [1.29, 1.82) is 0 Å². The summed E-state index contributed by atoms with van der Waals surface area (Å²) in [5, 5.41) is 3.40. The molecule has 0 atom stereocenters. The molecule has 0 aromatic heterocycles. The van der Waals surface area contributed by atoms with Crippen LogP contribution >= 0.6 is 0 Å². The lowest BCUT2D eigenvalue weighted by molar-refractivity contribution is 0.676. The maximum absolute atomic E-state index is 3.40. The zero-order chi connectivity index (χ0) is 14.8. The standard InChI is InChI=1S/C18H32N2/c1-5-8-12-20(13-9-6-2)18-11-10-17(14-16(18)4)15-19-7-3/h10-11,14,19H,5-9,12-13,15H2,1-4H3. The average Bonchev–Trinajstić information content (AvgIpc) is 2.46. The first-order valence-electron chi connectivity index (χ1n) is 8.28. The lowest BCUT2D eigenvalue weighted by atomic mass is 10.1. The van der Waals surface area contributed by atoms with E-state index in [4.69, 9.17) is 0 Å². The highest BCUT2D eigenvalue weighted by molar-refractivity contribution is 5.54. The van der Waals surface area contributed by atoms with Crippen LogP contribution in [0.1, 0.15) is 57.6 Å². The third kappa shape index (κ3) is 5.54. The van der Waals surface area contributed by atoms with Crippen LogP contribution in [0.2, 0.25) is 0 Å². The van der Waals surface area contributed by atoms with E-state index in [-0.39, 0.29) is 0 Å². The predicted octanol–water partition coefficient (Wildman–Crippen LogP) is 4.51. The largest absolute Gasteiger partial charge is 0.371 e. The van der Waals surface area contributed by atoms with Crippen molar-refractivity contribution in [1.82, 2.24) is 5.32 Å². The Morgan fingerprint density at radius 3 is 2.15 bits per heavy atom. The third-order valence-corrected chi connectivity index (χ3v) is 3.74. The van der Waals surface area contributed by atoms with E-state index in [1.54, 1.807) is 0 Å². The van der Waals surface area contributed by atoms with Gasteiger partial charge in [0.25, 0.3) is 0 Å². The maximum Gasteiger partial charge on any atom is 0.0396 e. The maximum atomic E-state index is 3.40. The first-order valence-corrected chi connectivity index (χ1v) is 8.28. The molecule has 0 aliphatic carbocycles. The number of aryl methyl sites for hydroxylation is 1. The van der Waals surface area contributed by atoms with Crippen molar-refractivity contribution in [3.05, 3.63) is 29.3 Å². The first kappa shape index (κ1) is 17.0. The van der Waals surface area contributed by atoms with Gasteiger partial charge in [0, 0.05) is 25.3 Å². The highest BCUT2D eigenvalue weighted by atomic mass is 15.1. The summed E-state index contributed by atoms with van der Waals surface area (Å²) in [6, 6.07) is 6.92. The molecule has 114 valence electrons. The van der Waals surface area contributed by atoms with Gasteiger partial charge in [-0.3, -0.25) is 0 Å². The smallest absolute Gasteiger partial charge is 0.0396 e. The summed E-state index contributed by atoms with van der Waals surface area (Å²) in [4.78, 5) is 2.57. The van der Waals surface area contributed by atoms with Crippen LogP contribution in [0, 0.1) is 6.92 Å². The minimum absolute atomic E-state index is 0.974. The summed E-state index contributed by atoms with van der Waals surface area (Å²) in [6.45, 7) is 13.3. The molecule has 0 heterocycles. The minimum atomic E-state index is 0.974. The Balaban J connectivity index is 2.78. The molecular formula is C18H32N2. The van der Waals surface area contributed by atoms with Gasteiger partial charge in [-0.2, -0.15) is 0 Å². The molecule has 2 heteroatoms. The Kier molecular flexibility index (Phi) is 8.36. The number of rotatable bonds is 10. The number of nitrogens with one attached hydrogen (secondary N) is 1. The first-order chi connectivity index (χ1) is 9.72. The van der Waals surface area contributed by atoms with Crippen molar-refractivity contribution in [3.63, 3.8) is 0 Å². The Morgan fingerprint density at radius 1 is 1.00 bits per heavy atom. The van der Waals surface area contributed by atoms with Gasteiger partial charge < -0.3 is 10.2 Å². The Bertz CT molecular complexity index is 366. The zero-order valence-corrected chi connectivity index (χ0v) is 13.8. The van der Waals surface area contributed by atoms with Crippen LogP contribution in [0.4, 0.5) is 5.69 Å². The van der Waals surface area contributed by atoms with E-state index in [9.17, 15) is 0 Å². The van der Waals surface area contributed by atoms with E-state index < -0.39 is 0 Å². The van der Waals surface area contributed by atoms with Crippen molar-refractivity contribution < 1.29 is 0 Å². The van der Waals surface area contributed by atoms with Gasteiger partial charge in [0.2, 0.25) is 0 Å². The van der Waals surface area contributed by atoms with Crippen molar-refractivity contribution in [2.24, 2.45) is 0 Å². The second-order valence-electron chi connectivity index (χ2n) is 5.60. The van der Waals surface area contributed by atoms with Crippen molar-refractivity contribution in [2.45, 2.75) is 59.9 Å². The summed E-state index contributed by atoms with van der Waals surface area (Å²) in [5.41, 5.74) is 4.22. The van der Waals surface area contributed by atoms with Crippen LogP contribution < -0.4 is 10.2 Å². The molecule has 0 amide bonds. The highest BCUT2D eigenvalue weighted by Gasteiger charge is 2.09. The molecular weight excluding hydrogens is 244 g/mol. The molecule has 0 radical (unpaired) electrons. The van der Waals surface area contributed by atoms with Gasteiger partial charge >= 0.3 is 0 Å². The quantitative estimate of drug-likeness (QED) is 0.676. The Hall–Kier alpha value is -1.02. The molecule has 0 aliphatic heterocycles. The van der Waals surface area contributed by atoms with Gasteiger partial charge in [-0.05, 0) is 43.5 Å². The summed E-state index contributed by atoms with van der Waals surface area (Å²) in [6.07, 6.45) is 5.09. The molecule has 0 aliphatic rings. The lowest BCUT2D eigenvalue weighted by Crippen LogP contribution is -2.26. The molecule has 0 saturated heterocycles. The second-order valence-corrected chi connectivity index (χ2v) is 5.60. The summed E-state index contributed by atoms with van der Waals surface area (Å²) in [7, 11) is 0. The molecule has 20 heavy (non-hydrogen) atoms. The van der Waals surface area contributed by atoms with Crippen molar-refractivity contribution >= 4 is 5.69 Å². The van der Waals surface area contributed by atoms with Crippen molar-refractivity contribution in [3.8, 4) is 0 Å². The number of hydrogen-bond acceptors (Lipinski definition) is 2. The van der Waals surface area contributed by atoms with Crippen LogP contribution in [0.3, 0.4) is 0 Å². The van der Waals surface area contributed by atoms with E-state index >= 15 is 0 Å². The topological polar surface area (TPSA) is 15.3 Å². The number of nitrogens with zero attached hydrogens (tertiary/aromatic N) is 1. The molecule has 1 aromatic carbocycles. The molecule has 0 fully saturated rings. The fraction of sp³-hybridized carbons (Fsp3) is 0.667. The van der Waals surface area contributed by atoms with E-state index in [2.05, 4.69) is 56.1 Å².